The minimum atomic E-state index is -0.315. The third-order valence-electron chi connectivity index (χ3n) is 3.92. The van der Waals surface area contributed by atoms with Gasteiger partial charge in [-0.15, -0.1) is 0 Å². The molecule has 0 aliphatic heterocycles. The monoisotopic (exact) mass is 291 g/mol. The van der Waals surface area contributed by atoms with Crippen LogP contribution in [0.3, 0.4) is 0 Å². The summed E-state index contributed by atoms with van der Waals surface area (Å²) in [6, 6.07) is 5.14. The molecule has 116 valence electrons. The molecule has 0 aromatic heterocycles. The van der Waals surface area contributed by atoms with Crippen molar-refractivity contribution in [2.45, 2.75) is 39.7 Å². The van der Waals surface area contributed by atoms with E-state index >= 15 is 0 Å². The van der Waals surface area contributed by atoms with E-state index in [-0.39, 0.29) is 10.6 Å². The zero-order valence-electron chi connectivity index (χ0n) is 13.0. The lowest BCUT2D eigenvalue weighted by molar-refractivity contribution is -0.384. The van der Waals surface area contributed by atoms with Crippen molar-refractivity contribution in [1.82, 2.24) is 4.90 Å². The van der Waals surface area contributed by atoms with E-state index in [4.69, 9.17) is 0 Å². The van der Waals surface area contributed by atoms with Gasteiger partial charge in [0, 0.05) is 37.5 Å². The number of hydrogen-bond donors (Lipinski definition) is 1. The van der Waals surface area contributed by atoms with Crippen LogP contribution in [0.2, 0.25) is 0 Å². The Bertz CT molecular complexity index is 486. The van der Waals surface area contributed by atoms with Gasteiger partial charge in [-0.1, -0.05) is 13.8 Å². The molecule has 5 heteroatoms. The normalized spacial score (nSPS) is 14.4. The average Bonchev–Trinajstić information content (AvgIpc) is 3.28. The first-order valence-corrected chi connectivity index (χ1v) is 7.87. The zero-order valence-corrected chi connectivity index (χ0v) is 13.0. The van der Waals surface area contributed by atoms with Gasteiger partial charge in [0.15, 0.2) is 0 Å². The van der Waals surface area contributed by atoms with Gasteiger partial charge < -0.3 is 5.32 Å². The quantitative estimate of drug-likeness (QED) is 0.557. The first-order chi connectivity index (χ1) is 10.1. The standard InChI is InChI=1S/C16H25N3O2/c1-3-9-17-16-8-7-15(19(20)21)10-14(16)12-18(4-2)11-13-5-6-13/h7-8,10,13,17H,3-6,9,11-12H2,1-2H3. The van der Waals surface area contributed by atoms with Crippen LogP contribution in [-0.4, -0.2) is 29.5 Å². The van der Waals surface area contributed by atoms with Gasteiger partial charge in [-0.05, 0) is 43.4 Å². The van der Waals surface area contributed by atoms with Crippen molar-refractivity contribution in [2.75, 3.05) is 25.0 Å². The van der Waals surface area contributed by atoms with Gasteiger partial charge in [-0.3, -0.25) is 15.0 Å². The van der Waals surface area contributed by atoms with Gasteiger partial charge in [0.2, 0.25) is 0 Å². The van der Waals surface area contributed by atoms with Crippen LogP contribution in [0, 0.1) is 16.0 Å². The van der Waals surface area contributed by atoms with Crippen LogP contribution in [-0.2, 0) is 6.54 Å². The molecular formula is C16H25N3O2. The Kier molecular flexibility index (Phi) is 5.56. The Morgan fingerprint density at radius 1 is 1.38 bits per heavy atom. The van der Waals surface area contributed by atoms with Gasteiger partial charge in [-0.2, -0.15) is 0 Å². The third-order valence-corrected chi connectivity index (χ3v) is 3.92. The minimum absolute atomic E-state index is 0.175. The molecule has 1 N–H and O–H groups in total. The second-order valence-corrected chi connectivity index (χ2v) is 5.80. The Morgan fingerprint density at radius 3 is 2.71 bits per heavy atom. The molecule has 1 saturated carbocycles. The number of nitrogens with one attached hydrogen (secondary N) is 1. The summed E-state index contributed by atoms with van der Waals surface area (Å²) in [6.45, 7) is 8.02. The number of hydrogen-bond acceptors (Lipinski definition) is 4. The maximum absolute atomic E-state index is 11.0. The Morgan fingerprint density at radius 2 is 2.14 bits per heavy atom. The lowest BCUT2D eigenvalue weighted by Gasteiger charge is -2.22. The van der Waals surface area contributed by atoms with Crippen LogP contribution in [0.15, 0.2) is 18.2 Å². The van der Waals surface area contributed by atoms with Crippen LogP contribution in [0.25, 0.3) is 0 Å². The number of benzene rings is 1. The summed E-state index contributed by atoms with van der Waals surface area (Å²) >= 11 is 0. The number of nitrogens with zero attached hydrogens (tertiary/aromatic N) is 2. The van der Waals surface area contributed by atoms with Crippen LogP contribution < -0.4 is 5.32 Å². The molecule has 0 saturated heterocycles. The SMILES string of the molecule is CCCNc1ccc([N+](=O)[O-])cc1CN(CC)CC1CC1. The highest BCUT2D eigenvalue weighted by atomic mass is 16.6. The molecule has 0 bridgehead atoms. The first kappa shape index (κ1) is 15.8. The second kappa shape index (κ2) is 7.41. The molecule has 0 amide bonds. The summed E-state index contributed by atoms with van der Waals surface area (Å²) in [4.78, 5) is 13.1. The topological polar surface area (TPSA) is 58.4 Å². The predicted octanol–water partition coefficient (Wildman–Crippen LogP) is 3.65. The van der Waals surface area contributed by atoms with Crippen molar-refractivity contribution in [3.8, 4) is 0 Å². The summed E-state index contributed by atoms with van der Waals surface area (Å²) in [7, 11) is 0. The Balaban J connectivity index is 2.14. The van der Waals surface area contributed by atoms with E-state index < -0.39 is 0 Å². The van der Waals surface area contributed by atoms with Crippen molar-refractivity contribution >= 4 is 11.4 Å². The van der Waals surface area contributed by atoms with Crippen molar-refractivity contribution in [1.29, 1.82) is 0 Å². The van der Waals surface area contributed by atoms with Gasteiger partial charge in [0.25, 0.3) is 5.69 Å². The minimum Gasteiger partial charge on any atom is -0.385 e. The number of nitro groups is 1. The highest BCUT2D eigenvalue weighted by molar-refractivity contribution is 5.56. The predicted molar refractivity (Wildman–Crippen MR) is 85.6 cm³/mol. The average molecular weight is 291 g/mol. The molecule has 0 spiro atoms. The Labute approximate surface area is 126 Å². The van der Waals surface area contributed by atoms with Gasteiger partial charge in [-0.25, -0.2) is 0 Å². The van der Waals surface area contributed by atoms with E-state index in [1.54, 1.807) is 12.1 Å². The molecule has 2 rings (SSSR count). The van der Waals surface area contributed by atoms with Crippen LogP contribution in [0.1, 0.15) is 38.7 Å². The number of rotatable bonds is 9. The third kappa shape index (κ3) is 4.70. The summed E-state index contributed by atoms with van der Waals surface area (Å²) < 4.78 is 0. The highest BCUT2D eigenvalue weighted by Gasteiger charge is 2.24. The van der Waals surface area contributed by atoms with Gasteiger partial charge in [0.1, 0.15) is 0 Å². The summed E-state index contributed by atoms with van der Waals surface area (Å²) in [5.41, 5.74) is 2.23. The molecule has 21 heavy (non-hydrogen) atoms. The second-order valence-electron chi connectivity index (χ2n) is 5.80. The molecule has 1 aliphatic carbocycles. The highest BCUT2D eigenvalue weighted by Crippen LogP contribution is 2.31. The lowest BCUT2D eigenvalue weighted by Crippen LogP contribution is -2.25. The van der Waals surface area contributed by atoms with Crippen molar-refractivity contribution in [3.05, 3.63) is 33.9 Å². The summed E-state index contributed by atoms with van der Waals surface area (Å²) in [6.07, 6.45) is 3.69. The van der Waals surface area contributed by atoms with E-state index in [0.29, 0.717) is 0 Å². The fourth-order valence-corrected chi connectivity index (χ4v) is 2.47. The maximum atomic E-state index is 11.0. The van der Waals surface area contributed by atoms with Crippen molar-refractivity contribution < 1.29 is 4.92 Å². The van der Waals surface area contributed by atoms with E-state index in [0.717, 1.165) is 49.8 Å². The molecule has 1 fully saturated rings. The lowest BCUT2D eigenvalue weighted by atomic mass is 10.1. The molecule has 1 aromatic carbocycles. The molecule has 0 heterocycles. The van der Waals surface area contributed by atoms with Crippen LogP contribution in [0.4, 0.5) is 11.4 Å². The smallest absolute Gasteiger partial charge is 0.269 e. The molecule has 5 nitrogen and oxygen atoms in total. The van der Waals surface area contributed by atoms with Crippen molar-refractivity contribution in [3.63, 3.8) is 0 Å². The fraction of sp³-hybridized carbons (Fsp3) is 0.625. The molecule has 0 unspecified atom stereocenters. The Hall–Kier alpha value is -1.62. The van der Waals surface area contributed by atoms with Gasteiger partial charge >= 0.3 is 0 Å². The molecule has 0 radical (unpaired) electrons. The largest absolute Gasteiger partial charge is 0.385 e. The van der Waals surface area contributed by atoms with E-state index in [2.05, 4.69) is 24.1 Å². The number of anilines is 1. The zero-order chi connectivity index (χ0) is 15.2. The first-order valence-electron chi connectivity index (χ1n) is 7.87. The number of non-ortho nitro benzene ring substituents is 1. The van der Waals surface area contributed by atoms with E-state index in [1.165, 1.54) is 12.8 Å². The molecular weight excluding hydrogens is 266 g/mol. The molecule has 0 atom stereocenters. The van der Waals surface area contributed by atoms with Crippen molar-refractivity contribution in [2.24, 2.45) is 5.92 Å². The van der Waals surface area contributed by atoms with Crippen LogP contribution >= 0.6 is 0 Å². The maximum Gasteiger partial charge on any atom is 0.269 e. The molecule has 1 aliphatic rings. The fourth-order valence-electron chi connectivity index (χ4n) is 2.47. The van der Waals surface area contributed by atoms with Gasteiger partial charge in [0.05, 0.1) is 4.92 Å². The van der Waals surface area contributed by atoms with E-state index in [1.807, 2.05) is 6.07 Å². The number of nitro benzene ring substituents is 1. The summed E-state index contributed by atoms with van der Waals surface area (Å²) in [5.74, 6) is 0.829. The van der Waals surface area contributed by atoms with E-state index in [9.17, 15) is 10.1 Å². The summed E-state index contributed by atoms with van der Waals surface area (Å²) in [5, 5.41) is 14.4. The van der Waals surface area contributed by atoms with Crippen LogP contribution in [0.5, 0.6) is 0 Å². The molecule has 1 aromatic rings.